The van der Waals surface area contributed by atoms with Gasteiger partial charge in [-0.2, -0.15) is 0 Å². The second kappa shape index (κ2) is 6.08. The molecule has 0 amide bonds. The highest BCUT2D eigenvalue weighted by Gasteiger charge is 1.98. The molecule has 19 heavy (non-hydrogen) atoms. The smallest absolute Gasteiger partial charge is 0.0813 e. The van der Waals surface area contributed by atoms with Crippen molar-refractivity contribution >= 4 is 39.0 Å². The molecule has 0 spiro atoms. The van der Waals surface area contributed by atoms with Crippen molar-refractivity contribution in [2.75, 3.05) is 17.6 Å². The summed E-state index contributed by atoms with van der Waals surface area (Å²) < 4.78 is 1.24. The van der Waals surface area contributed by atoms with Crippen LogP contribution in [0.2, 0.25) is 0 Å². The van der Waals surface area contributed by atoms with Gasteiger partial charge in [0.05, 0.1) is 15.7 Å². The number of hydrogen-bond acceptors (Lipinski definition) is 4. The first kappa shape index (κ1) is 12.5. The summed E-state index contributed by atoms with van der Waals surface area (Å²) in [6.45, 7) is 0.962. The molecule has 0 atom stereocenters. The summed E-state index contributed by atoms with van der Waals surface area (Å²) in [7, 11) is 0. The molecule has 0 saturated heterocycles. The van der Waals surface area contributed by atoms with E-state index in [1.165, 1.54) is 15.3 Å². The lowest BCUT2D eigenvalue weighted by Crippen LogP contribution is -2.03. The van der Waals surface area contributed by atoms with Crippen LogP contribution in [0.3, 0.4) is 0 Å². The van der Waals surface area contributed by atoms with Gasteiger partial charge in [0.1, 0.15) is 0 Å². The van der Waals surface area contributed by atoms with Crippen LogP contribution in [0.15, 0.2) is 58.9 Å². The number of thioether (sulfide) groups is 1. The molecule has 1 heterocycles. The minimum Gasteiger partial charge on any atom is -0.384 e. The van der Waals surface area contributed by atoms with Crippen LogP contribution in [0.25, 0.3) is 10.2 Å². The molecule has 0 bridgehead atoms. The van der Waals surface area contributed by atoms with Gasteiger partial charge in [-0.05, 0) is 30.3 Å². The summed E-state index contributed by atoms with van der Waals surface area (Å²) in [4.78, 5) is 5.60. The van der Waals surface area contributed by atoms with Crippen LogP contribution < -0.4 is 5.32 Å². The van der Waals surface area contributed by atoms with E-state index in [9.17, 15) is 0 Å². The summed E-state index contributed by atoms with van der Waals surface area (Å²) in [5.41, 5.74) is 4.14. The van der Waals surface area contributed by atoms with Crippen molar-refractivity contribution < 1.29 is 0 Å². The number of thiazole rings is 1. The molecule has 4 heteroatoms. The van der Waals surface area contributed by atoms with Gasteiger partial charge in [0.2, 0.25) is 0 Å². The maximum atomic E-state index is 4.28. The van der Waals surface area contributed by atoms with Gasteiger partial charge in [0.25, 0.3) is 0 Å². The fourth-order valence-electron chi connectivity index (χ4n) is 1.85. The normalized spacial score (nSPS) is 10.7. The lowest BCUT2D eigenvalue weighted by atomic mass is 10.3. The maximum absolute atomic E-state index is 4.28. The van der Waals surface area contributed by atoms with Gasteiger partial charge < -0.3 is 5.32 Å². The van der Waals surface area contributed by atoms with E-state index >= 15 is 0 Å². The summed E-state index contributed by atoms with van der Waals surface area (Å²) in [5.74, 6) is 1.06. The molecule has 0 radical (unpaired) electrons. The molecule has 2 nitrogen and oxygen atoms in total. The molecule has 3 rings (SSSR count). The Kier molecular flexibility index (Phi) is 4.01. The topological polar surface area (TPSA) is 24.9 Å². The first-order chi connectivity index (χ1) is 9.42. The number of anilines is 1. The van der Waals surface area contributed by atoms with E-state index in [0.717, 1.165) is 17.8 Å². The van der Waals surface area contributed by atoms with E-state index in [-0.39, 0.29) is 0 Å². The molecule has 0 aliphatic rings. The van der Waals surface area contributed by atoms with Gasteiger partial charge in [0.15, 0.2) is 0 Å². The Morgan fingerprint density at radius 1 is 1.11 bits per heavy atom. The van der Waals surface area contributed by atoms with Crippen LogP contribution in [0, 0.1) is 0 Å². The number of hydrogen-bond donors (Lipinski definition) is 1. The fourth-order valence-corrected chi connectivity index (χ4v) is 3.35. The average molecular weight is 286 g/mol. The Morgan fingerprint density at radius 3 is 2.89 bits per heavy atom. The number of aromatic nitrogens is 1. The van der Waals surface area contributed by atoms with Crippen molar-refractivity contribution in [2.24, 2.45) is 0 Å². The molecule has 0 aliphatic heterocycles. The molecule has 0 aliphatic carbocycles. The Hall–Kier alpha value is -1.52. The lowest BCUT2D eigenvalue weighted by Gasteiger charge is -2.06. The molecule has 0 unspecified atom stereocenters. The summed E-state index contributed by atoms with van der Waals surface area (Å²) in [6.07, 6.45) is 0. The highest BCUT2D eigenvalue weighted by Crippen LogP contribution is 2.22. The van der Waals surface area contributed by atoms with Crippen molar-refractivity contribution in [3.05, 3.63) is 54.0 Å². The molecule has 1 N–H and O–H groups in total. The van der Waals surface area contributed by atoms with Crippen molar-refractivity contribution in [2.45, 2.75) is 4.90 Å². The SMILES string of the molecule is c1ccc(SCCNc2ccc3ncsc3c2)cc1. The Morgan fingerprint density at radius 2 is 2.00 bits per heavy atom. The van der Waals surface area contributed by atoms with Gasteiger partial charge in [-0.3, -0.25) is 0 Å². The van der Waals surface area contributed by atoms with Crippen LogP contribution in [0.5, 0.6) is 0 Å². The number of nitrogens with zero attached hydrogens (tertiary/aromatic N) is 1. The Balaban J connectivity index is 1.52. The number of fused-ring (bicyclic) bond motifs is 1. The molecule has 3 aromatic rings. The van der Waals surface area contributed by atoms with E-state index < -0.39 is 0 Å². The molecule has 2 aromatic carbocycles. The van der Waals surface area contributed by atoms with Gasteiger partial charge >= 0.3 is 0 Å². The van der Waals surface area contributed by atoms with Gasteiger partial charge in [0, 0.05) is 22.9 Å². The Bertz CT molecular complexity index is 649. The van der Waals surface area contributed by atoms with E-state index in [2.05, 4.69) is 52.8 Å². The third kappa shape index (κ3) is 3.28. The second-order valence-electron chi connectivity index (χ2n) is 4.12. The third-order valence-electron chi connectivity index (χ3n) is 2.77. The van der Waals surface area contributed by atoms with E-state index in [0.29, 0.717) is 0 Å². The van der Waals surface area contributed by atoms with E-state index in [1.807, 2.05) is 23.3 Å². The van der Waals surface area contributed by atoms with Crippen molar-refractivity contribution in [3.63, 3.8) is 0 Å². The van der Waals surface area contributed by atoms with Crippen LogP contribution in [0.1, 0.15) is 0 Å². The quantitative estimate of drug-likeness (QED) is 0.552. The summed E-state index contributed by atoms with van der Waals surface area (Å²) in [5, 5.41) is 3.45. The standard InChI is InChI=1S/C15H14N2S2/c1-2-4-13(5-3-1)18-9-8-16-12-6-7-14-15(10-12)19-11-17-14/h1-7,10-11,16H,8-9H2. The van der Waals surface area contributed by atoms with Crippen LogP contribution in [-0.4, -0.2) is 17.3 Å². The predicted molar refractivity (Wildman–Crippen MR) is 85.3 cm³/mol. The fraction of sp³-hybridized carbons (Fsp3) is 0.133. The minimum atomic E-state index is 0.962. The highest BCUT2D eigenvalue weighted by molar-refractivity contribution is 7.99. The molecule has 1 aromatic heterocycles. The molecule has 96 valence electrons. The molecule has 0 fully saturated rings. The first-order valence-corrected chi connectivity index (χ1v) is 8.03. The molecular formula is C15H14N2S2. The Labute approximate surface area is 120 Å². The zero-order valence-corrected chi connectivity index (χ0v) is 12.0. The van der Waals surface area contributed by atoms with Crippen LogP contribution in [-0.2, 0) is 0 Å². The molecular weight excluding hydrogens is 272 g/mol. The van der Waals surface area contributed by atoms with Gasteiger partial charge in [-0.1, -0.05) is 18.2 Å². The predicted octanol–water partition coefficient (Wildman–Crippen LogP) is 4.50. The second-order valence-corrected chi connectivity index (χ2v) is 6.18. The van der Waals surface area contributed by atoms with Crippen LogP contribution in [0.4, 0.5) is 5.69 Å². The maximum Gasteiger partial charge on any atom is 0.0813 e. The first-order valence-electron chi connectivity index (χ1n) is 6.17. The zero-order valence-electron chi connectivity index (χ0n) is 10.4. The summed E-state index contributed by atoms with van der Waals surface area (Å²) in [6, 6.07) is 16.8. The number of benzene rings is 2. The lowest BCUT2D eigenvalue weighted by molar-refractivity contribution is 1.23. The van der Waals surface area contributed by atoms with Gasteiger partial charge in [-0.25, -0.2) is 4.98 Å². The molecule has 0 saturated carbocycles. The largest absolute Gasteiger partial charge is 0.384 e. The average Bonchev–Trinajstić information content (AvgIpc) is 2.92. The minimum absolute atomic E-state index is 0.962. The van der Waals surface area contributed by atoms with Crippen LogP contribution >= 0.6 is 23.1 Å². The third-order valence-corrected chi connectivity index (χ3v) is 4.58. The van der Waals surface area contributed by atoms with E-state index in [1.54, 1.807) is 11.3 Å². The highest BCUT2D eigenvalue weighted by atomic mass is 32.2. The zero-order chi connectivity index (χ0) is 12.9. The monoisotopic (exact) mass is 286 g/mol. The van der Waals surface area contributed by atoms with Crippen molar-refractivity contribution in [1.82, 2.24) is 4.98 Å². The van der Waals surface area contributed by atoms with E-state index in [4.69, 9.17) is 0 Å². The number of nitrogens with one attached hydrogen (secondary N) is 1. The number of rotatable bonds is 5. The van der Waals surface area contributed by atoms with Crippen molar-refractivity contribution in [3.8, 4) is 0 Å². The van der Waals surface area contributed by atoms with Crippen molar-refractivity contribution in [1.29, 1.82) is 0 Å². The van der Waals surface area contributed by atoms with Gasteiger partial charge in [-0.15, -0.1) is 23.1 Å². The summed E-state index contributed by atoms with van der Waals surface area (Å²) >= 11 is 3.55.